The number of rotatable bonds is 1. The Morgan fingerprint density at radius 2 is 2.00 bits per heavy atom. The number of carbonyl (C=O) groups is 1. The number of allylic oxidation sites excluding steroid dienone is 4. The van der Waals surface area contributed by atoms with E-state index in [0.717, 1.165) is 32.1 Å². The molecule has 0 saturated heterocycles. The van der Waals surface area contributed by atoms with E-state index in [-0.39, 0.29) is 34.7 Å². The van der Waals surface area contributed by atoms with E-state index >= 15 is 0 Å². The summed E-state index contributed by atoms with van der Waals surface area (Å²) < 4.78 is 0. The second-order valence-corrected chi connectivity index (χ2v) is 9.22. The topological polar surface area (TPSA) is 57.5 Å². The SMILES string of the molecule is C[C@H](O)[C@H]1CC[C@H]2[C@@H]3CCC4=CC(=O)C=C[C@]4(C)[C@H]3C(O)C[C@]12C. The summed E-state index contributed by atoms with van der Waals surface area (Å²) in [6, 6.07) is 0. The molecule has 0 aromatic rings. The van der Waals surface area contributed by atoms with Gasteiger partial charge in [-0.25, -0.2) is 0 Å². The summed E-state index contributed by atoms with van der Waals surface area (Å²) in [7, 11) is 0. The van der Waals surface area contributed by atoms with Gasteiger partial charge in [-0.05, 0) is 74.3 Å². The van der Waals surface area contributed by atoms with Crippen LogP contribution in [0.2, 0.25) is 0 Å². The maximum atomic E-state index is 11.8. The lowest BCUT2D eigenvalue weighted by Crippen LogP contribution is -2.56. The lowest BCUT2D eigenvalue weighted by atomic mass is 9.46. The number of hydrogen-bond donors (Lipinski definition) is 2. The van der Waals surface area contributed by atoms with E-state index in [1.807, 2.05) is 13.0 Å². The summed E-state index contributed by atoms with van der Waals surface area (Å²) in [5, 5.41) is 21.4. The summed E-state index contributed by atoms with van der Waals surface area (Å²) in [6.07, 6.45) is 9.95. The molecule has 3 heteroatoms. The van der Waals surface area contributed by atoms with Crippen LogP contribution in [-0.2, 0) is 4.79 Å². The largest absolute Gasteiger partial charge is 0.393 e. The van der Waals surface area contributed by atoms with E-state index in [9.17, 15) is 15.0 Å². The van der Waals surface area contributed by atoms with E-state index in [2.05, 4.69) is 19.9 Å². The van der Waals surface area contributed by atoms with Crippen molar-refractivity contribution in [1.29, 1.82) is 0 Å². The fourth-order valence-corrected chi connectivity index (χ4v) is 7.16. The Bertz CT molecular complexity index is 619. The second-order valence-electron chi connectivity index (χ2n) is 9.22. The molecule has 2 N–H and O–H groups in total. The van der Waals surface area contributed by atoms with Gasteiger partial charge in [-0.15, -0.1) is 0 Å². The summed E-state index contributed by atoms with van der Waals surface area (Å²) >= 11 is 0. The third kappa shape index (κ3) is 2.07. The fourth-order valence-electron chi connectivity index (χ4n) is 7.16. The maximum Gasteiger partial charge on any atom is 0.178 e. The highest BCUT2D eigenvalue weighted by Gasteiger charge is 2.61. The molecule has 8 atom stereocenters. The molecule has 132 valence electrons. The highest BCUT2D eigenvalue weighted by molar-refractivity contribution is 6.01. The molecule has 3 nitrogen and oxygen atoms in total. The number of hydrogen-bond acceptors (Lipinski definition) is 3. The van der Waals surface area contributed by atoms with Crippen molar-refractivity contribution in [2.75, 3.05) is 0 Å². The Kier molecular flexibility index (Phi) is 3.64. The highest BCUT2D eigenvalue weighted by atomic mass is 16.3. The number of aliphatic hydroxyl groups excluding tert-OH is 2. The molecule has 0 heterocycles. The van der Waals surface area contributed by atoms with Gasteiger partial charge in [-0.1, -0.05) is 25.5 Å². The Balaban J connectivity index is 1.72. The molecule has 0 aromatic carbocycles. The number of carbonyl (C=O) groups excluding carboxylic acids is 1. The molecule has 4 aliphatic carbocycles. The lowest BCUT2D eigenvalue weighted by molar-refractivity contribution is -0.127. The zero-order chi connectivity index (χ0) is 17.3. The van der Waals surface area contributed by atoms with Gasteiger partial charge >= 0.3 is 0 Å². The Morgan fingerprint density at radius 3 is 2.71 bits per heavy atom. The van der Waals surface area contributed by atoms with Crippen LogP contribution in [0.1, 0.15) is 52.9 Å². The van der Waals surface area contributed by atoms with Gasteiger partial charge in [-0.2, -0.15) is 0 Å². The lowest BCUT2D eigenvalue weighted by Gasteiger charge is -2.59. The van der Waals surface area contributed by atoms with Crippen LogP contribution in [0.25, 0.3) is 0 Å². The van der Waals surface area contributed by atoms with Crippen LogP contribution in [0.5, 0.6) is 0 Å². The van der Waals surface area contributed by atoms with Crippen molar-refractivity contribution in [1.82, 2.24) is 0 Å². The van der Waals surface area contributed by atoms with E-state index < -0.39 is 0 Å². The standard InChI is InChI=1S/C21H30O3/c1-12(22)16-6-7-17-15-5-4-13-10-14(23)8-9-20(13,2)19(15)18(24)11-21(16,17)3/h8-10,12,15-19,22,24H,4-7,11H2,1-3H3/t12-,15-,16+,17-,18?,19+,20-,21+/m0/s1. The minimum absolute atomic E-state index is 0.0422. The van der Waals surface area contributed by atoms with E-state index in [4.69, 9.17) is 0 Å². The average molecular weight is 330 g/mol. The van der Waals surface area contributed by atoms with Gasteiger partial charge in [0.1, 0.15) is 0 Å². The van der Waals surface area contributed by atoms with Gasteiger partial charge in [0.15, 0.2) is 5.78 Å². The average Bonchev–Trinajstić information content (AvgIpc) is 2.84. The molecule has 0 aliphatic heterocycles. The molecule has 0 amide bonds. The van der Waals surface area contributed by atoms with Gasteiger partial charge in [0.25, 0.3) is 0 Å². The van der Waals surface area contributed by atoms with Crippen LogP contribution < -0.4 is 0 Å². The molecule has 0 bridgehead atoms. The predicted molar refractivity (Wildman–Crippen MR) is 93.2 cm³/mol. The first-order valence-electron chi connectivity index (χ1n) is 9.58. The van der Waals surface area contributed by atoms with E-state index in [1.165, 1.54) is 5.57 Å². The zero-order valence-corrected chi connectivity index (χ0v) is 15.0. The summed E-state index contributed by atoms with van der Waals surface area (Å²) in [5.41, 5.74) is 1.07. The van der Waals surface area contributed by atoms with E-state index in [1.54, 1.807) is 6.08 Å². The molecule has 24 heavy (non-hydrogen) atoms. The van der Waals surface area contributed by atoms with Gasteiger partial charge < -0.3 is 10.2 Å². The smallest absolute Gasteiger partial charge is 0.178 e. The van der Waals surface area contributed by atoms with E-state index in [0.29, 0.717) is 17.8 Å². The van der Waals surface area contributed by atoms with Crippen LogP contribution in [-0.4, -0.2) is 28.2 Å². The van der Waals surface area contributed by atoms with Crippen molar-refractivity contribution in [3.8, 4) is 0 Å². The minimum Gasteiger partial charge on any atom is -0.393 e. The molecule has 4 aliphatic rings. The fraction of sp³-hybridized carbons (Fsp3) is 0.762. The summed E-state index contributed by atoms with van der Waals surface area (Å²) in [4.78, 5) is 11.8. The van der Waals surface area contributed by atoms with Crippen molar-refractivity contribution >= 4 is 5.78 Å². The predicted octanol–water partition coefficient (Wildman–Crippen LogP) is 3.26. The summed E-state index contributed by atoms with van der Waals surface area (Å²) in [5.74, 6) is 1.66. The normalized spacial score (nSPS) is 51.5. The molecule has 0 radical (unpaired) electrons. The Hall–Kier alpha value is -0.930. The van der Waals surface area contributed by atoms with Crippen LogP contribution >= 0.6 is 0 Å². The van der Waals surface area contributed by atoms with Gasteiger partial charge in [-0.3, -0.25) is 4.79 Å². The van der Waals surface area contributed by atoms with Gasteiger partial charge in [0.2, 0.25) is 0 Å². The first-order chi connectivity index (χ1) is 11.3. The third-order valence-electron chi connectivity index (χ3n) is 8.15. The van der Waals surface area contributed by atoms with Gasteiger partial charge in [0.05, 0.1) is 12.2 Å². The molecule has 4 rings (SSSR count). The molecule has 3 saturated carbocycles. The van der Waals surface area contributed by atoms with Crippen LogP contribution in [0.4, 0.5) is 0 Å². The van der Waals surface area contributed by atoms with Crippen molar-refractivity contribution in [2.45, 2.75) is 65.1 Å². The molecule has 3 fully saturated rings. The third-order valence-corrected chi connectivity index (χ3v) is 8.15. The Morgan fingerprint density at radius 1 is 1.25 bits per heavy atom. The monoisotopic (exact) mass is 330 g/mol. The zero-order valence-electron chi connectivity index (χ0n) is 15.0. The number of fused-ring (bicyclic) bond motifs is 5. The first kappa shape index (κ1) is 16.5. The number of aliphatic hydroxyl groups is 2. The molecular weight excluding hydrogens is 300 g/mol. The van der Waals surface area contributed by atoms with Crippen molar-refractivity contribution in [3.63, 3.8) is 0 Å². The van der Waals surface area contributed by atoms with Crippen molar-refractivity contribution in [3.05, 3.63) is 23.8 Å². The second kappa shape index (κ2) is 5.28. The molecular formula is C21H30O3. The van der Waals surface area contributed by atoms with Crippen LogP contribution in [0.3, 0.4) is 0 Å². The molecule has 0 aromatic heterocycles. The quantitative estimate of drug-likeness (QED) is 0.776. The summed E-state index contributed by atoms with van der Waals surface area (Å²) in [6.45, 7) is 6.43. The maximum absolute atomic E-state index is 11.8. The first-order valence-corrected chi connectivity index (χ1v) is 9.58. The van der Waals surface area contributed by atoms with Gasteiger partial charge in [0, 0.05) is 11.3 Å². The molecule has 1 unspecified atom stereocenters. The van der Waals surface area contributed by atoms with Crippen LogP contribution in [0.15, 0.2) is 23.8 Å². The van der Waals surface area contributed by atoms with Crippen LogP contribution in [0, 0.1) is 34.5 Å². The highest BCUT2D eigenvalue weighted by Crippen LogP contribution is 2.66. The number of ketones is 1. The Labute approximate surface area is 144 Å². The minimum atomic E-state index is -0.359. The van der Waals surface area contributed by atoms with Crippen molar-refractivity contribution in [2.24, 2.45) is 34.5 Å². The van der Waals surface area contributed by atoms with Crippen molar-refractivity contribution < 1.29 is 15.0 Å². The molecule has 0 spiro atoms.